The summed E-state index contributed by atoms with van der Waals surface area (Å²) >= 11 is 0. The highest BCUT2D eigenvalue weighted by atomic mass is 19.4. The summed E-state index contributed by atoms with van der Waals surface area (Å²) in [6.07, 6.45) is -0.132. The van der Waals surface area contributed by atoms with Gasteiger partial charge in [0.1, 0.15) is 5.56 Å². The van der Waals surface area contributed by atoms with E-state index in [1.807, 2.05) is 19.1 Å². The first-order valence-corrected chi connectivity index (χ1v) is 11.7. The maximum absolute atomic E-state index is 13.9. The van der Waals surface area contributed by atoms with Gasteiger partial charge >= 0.3 is 6.18 Å². The SMILES string of the molecule is CC(=O)Nc1cc(Nc2ncc(C(F)(F)F)c(-c3c[nH]c4c(C)cccc34)n2)ccc1N1CCCC1. The number of aromatic nitrogens is 3. The minimum Gasteiger partial charge on any atom is -0.370 e. The molecule has 0 spiro atoms. The monoisotopic (exact) mass is 494 g/mol. The molecule has 0 atom stereocenters. The Bertz CT molecular complexity index is 1440. The largest absolute Gasteiger partial charge is 0.419 e. The molecule has 2 aromatic carbocycles. The van der Waals surface area contributed by atoms with Gasteiger partial charge in [-0.1, -0.05) is 18.2 Å². The summed E-state index contributed by atoms with van der Waals surface area (Å²) in [6.45, 7) is 5.12. The Hall–Kier alpha value is -4.08. The molecule has 1 amide bonds. The Kier molecular flexibility index (Phi) is 6.03. The third-order valence-electron chi connectivity index (χ3n) is 6.28. The van der Waals surface area contributed by atoms with Crippen LogP contribution in [0.3, 0.4) is 0 Å². The Morgan fingerprint density at radius 1 is 1.14 bits per heavy atom. The summed E-state index contributed by atoms with van der Waals surface area (Å²) in [5.41, 5.74) is 2.95. The summed E-state index contributed by atoms with van der Waals surface area (Å²) in [4.78, 5) is 25.3. The number of nitrogens with zero attached hydrogens (tertiary/aromatic N) is 3. The van der Waals surface area contributed by atoms with Crippen LogP contribution < -0.4 is 15.5 Å². The van der Waals surface area contributed by atoms with Crippen LogP contribution >= 0.6 is 0 Å². The number of hydrogen-bond acceptors (Lipinski definition) is 5. The molecule has 1 aliphatic heterocycles. The van der Waals surface area contributed by atoms with Gasteiger partial charge in [-0.3, -0.25) is 4.79 Å². The van der Waals surface area contributed by atoms with Gasteiger partial charge in [0.2, 0.25) is 11.9 Å². The second-order valence-corrected chi connectivity index (χ2v) is 8.89. The second kappa shape index (κ2) is 9.18. The highest BCUT2D eigenvalue weighted by molar-refractivity contribution is 5.97. The molecule has 3 heterocycles. The quantitative estimate of drug-likeness (QED) is 0.305. The number of halogens is 3. The maximum atomic E-state index is 13.9. The predicted octanol–water partition coefficient (Wildman–Crippen LogP) is 6.25. The van der Waals surface area contributed by atoms with E-state index in [0.29, 0.717) is 22.3 Å². The van der Waals surface area contributed by atoms with E-state index in [2.05, 4.69) is 30.5 Å². The molecule has 3 N–H and O–H groups in total. The van der Waals surface area contributed by atoms with Crippen LogP contribution in [-0.2, 0) is 11.0 Å². The number of nitrogens with one attached hydrogen (secondary N) is 3. The number of carbonyl (C=O) groups excluding carboxylic acids is 1. The number of rotatable bonds is 5. The first-order chi connectivity index (χ1) is 17.2. The topological polar surface area (TPSA) is 85.9 Å². The van der Waals surface area contributed by atoms with Crippen LogP contribution in [0.15, 0.2) is 48.8 Å². The Morgan fingerprint density at radius 3 is 2.64 bits per heavy atom. The van der Waals surface area contributed by atoms with Crippen LogP contribution in [-0.4, -0.2) is 33.9 Å². The molecule has 186 valence electrons. The molecule has 7 nitrogen and oxygen atoms in total. The zero-order chi connectivity index (χ0) is 25.4. The normalized spacial score (nSPS) is 13.9. The van der Waals surface area contributed by atoms with Crippen molar-refractivity contribution < 1.29 is 18.0 Å². The molecule has 0 saturated carbocycles. The van der Waals surface area contributed by atoms with E-state index in [1.54, 1.807) is 30.5 Å². The molecule has 36 heavy (non-hydrogen) atoms. The van der Waals surface area contributed by atoms with Gasteiger partial charge in [0.25, 0.3) is 0 Å². The number of fused-ring (bicyclic) bond motifs is 1. The Labute approximate surface area is 205 Å². The number of amides is 1. The fourth-order valence-corrected chi connectivity index (χ4v) is 4.62. The van der Waals surface area contributed by atoms with Crippen molar-refractivity contribution in [2.24, 2.45) is 0 Å². The number of aryl methyl sites for hydroxylation is 1. The molecular formula is C26H25F3N6O. The van der Waals surface area contributed by atoms with Crippen LogP contribution in [0.1, 0.15) is 30.9 Å². The van der Waals surface area contributed by atoms with Gasteiger partial charge in [-0.2, -0.15) is 13.2 Å². The summed E-state index contributed by atoms with van der Waals surface area (Å²) in [5, 5.41) is 6.50. The zero-order valence-corrected chi connectivity index (χ0v) is 19.8. The number of H-pyrrole nitrogens is 1. The minimum absolute atomic E-state index is 0.0164. The first kappa shape index (κ1) is 23.7. The van der Waals surface area contributed by atoms with Gasteiger partial charge < -0.3 is 20.5 Å². The van der Waals surface area contributed by atoms with Crippen molar-refractivity contribution in [3.63, 3.8) is 0 Å². The van der Waals surface area contributed by atoms with E-state index in [4.69, 9.17) is 0 Å². The molecule has 5 rings (SSSR count). The summed E-state index contributed by atoms with van der Waals surface area (Å²) in [6, 6.07) is 10.9. The van der Waals surface area contributed by atoms with Crippen molar-refractivity contribution in [1.82, 2.24) is 15.0 Å². The predicted molar refractivity (Wildman–Crippen MR) is 135 cm³/mol. The Morgan fingerprint density at radius 2 is 1.92 bits per heavy atom. The molecule has 0 aliphatic carbocycles. The highest BCUT2D eigenvalue weighted by Gasteiger charge is 2.36. The maximum Gasteiger partial charge on any atom is 0.419 e. The van der Waals surface area contributed by atoms with Crippen molar-refractivity contribution in [3.05, 3.63) is 59.9 Å². The van der Waals surface area contributed by atoms with E-state index < -0.39 is 11.7 Å². The molecule has 1 fully saturated rings. The lowest BCUT2D eigenvalue weighted by molar-refractivity contribution is -0.137. The van der Waals surface area contributed by atoms with Crippen LogP contribution in [0.25, 0.3) is 22.2 Å². The molecule has 1 aliphatic rings. The Balaban J connectivity index is 1.55. The number of para-hydroxylation sites is 1. The van der Waals surface area contributed by atoms with Gasteiger partial charge in [-0.15, -0.1) is 0 Å². The van der Waals surface area contributed by atoms with E-state index in [-0.39, 0.29) is 17.5 Å². The number of carbonyl (C=O) groups is 1. The summed E-state index contributed by atoms with van der Waals surface area (Å²) < 4.78 is 41.7. The van der Waals surface area contributed by atoms with Crippen molar-refractivity contribution in [1.29, 1.82) is 0 Å². The van der Waals surface area contributed by atoms with Crippen molar-refractivity contribution in [2.45, 2.75) is 32.9 Å². The molecular weight excluding hydrogens is 469 g/mol. The molecule has 1 saturated heterocycles. The fraction of sp³-hybridized carbons (Fsp3) is 0.269. The summed E-state index contributed by atoms with van der Waals surface area (Å²) in [5.74, 6) is -0.196. The lowest BCUT2D eigenvalue weighted by atomic mass is 10.0. The van der Waals surface area contributed by atoms with E-state index in [1.165, 1.54) is 6.92 Å². The number of aromatic amines is 1. The van der Waals surface area contributed by atoms with Crippen LogP contribution in [0.5, 0.6) is 0 Å². The molecule has 0 radical (unpaired) electrons. The highest BCUT2D eigenvalue weighted by Crippen LogP contribution is 2.39. The van der Waals surface area contributed by atoms with E-state index in [0.717, 1.165) is 48.9 Å². The number of anilines is 4. The number of benzene rings is 2. The number of alkyl halides is 3. The summed E-state index contributed by atoms with van der Waals surface area (Å²) in [7, 11) is 0. The van der Waals surface area contributed by atoms with Crippen LogP contribution in [0.2, 0.25) is 0 Å². The van der Waals surface area contributed by atoms with Crippen molar-refractivity contribution >= 4 is 39.8 Å². The minimum atomic E-state index is -4.63. The smallest absolute Gasteiger partial charge is 0.370 e. The van der Waals surface area contributed by atoms with Crippen LogP contribution in [0, 0.1) is 6.92 Å². The van der Waals surface area contributed by atoms with Crippen LogP contribution in [0.4, 0.5) is 36.2 Å². The third-order valence-corrected chi connectivity index (χ3v) is 6.28. The standard InChI is InChI=1S/C26H25F3N6O/c1-15-6-5-7-18-19(13-30-23(15)18)24-20(26(27,28)29)14-31-25(34-24)33-17-8-9-22(35-10-3-4-11-35)21(12-17)32-16(2)36/h5-9,12-14,30H,3-4,10-11H2,1-2H3,(H,32,36)(H,31,33,34). The zero-order valence-electron chi connectivity index (χ0n) is 19.8. The third kappa shape index (κ3) is 4.58. The first-order valence-electron chi connectivity index (χ1n) is 11.7. The average Bonchev–Trinajstić information content (AvgIpc) is 3.49. The van der Waals surface area contributed by atoms with Gasteiger partial charge in [-0.25, -0.2) is 9.97 Å². The molecule has 4 aromatic rings. The lowest BCUT2D eigenvalue weighted by Crippen LogP contribution is -2.20. The van der Waals surface area contributed by atoms with Crippen molar-refractivity contribution in [3.8, 4) is 11.3 Å². The molecule has 2 aromatic heterocycles. The molecule has 0 unspecified atom stereocenters. The van der Waals surface area contributed by atoms with Crippen molar-refractivity contribution in [2.75, 3.05) is 28.6 Å². The average molecular weight is 495 g/mol. The fourth-order valence-electron chi connectivity index (χ4n) is 4.62. The van der Waals surface area contributed by atoms with E-state index in [9.17, 15) is 18.0 Å². The number of hydrogen-bond donors (Lipinski definition) is 3. The van der Waals surface area contributed by atoms with Gasteiger partial charge in [0.15, 0.2) is 0 Å². The lowest BCUT2D eigenvalue weighted by Gasteiger charge is -2.22. The van der Waals surface area contributed by atoms with Gasteiger partial charge in [-0.05, 0) is 43.5 Å². The molecule has 10 heteroatoms. The van der Waals surface area contributed by atoms with Gasteiger partial charge in [0.05, 0.1) is 17.1 Å². The van der Waals surface area contributed by atoms with E-state index >= 15 is 0 Å². The second-order valence-electron chi connectivity index (χ2n) is 8.89. The van der Waals surface area contributed by atoms with Gasteiger partial charge in [0, 0.05) is 54.6 Å². The molecule has 0 bridgehead atoms.